The molecule has 0 spiro atoms. The van der Waals surface area contributed by atoms with Gasteiger partial charge in [0, 0.05) is 39.6 Å². The third-order valence-corrected chi connectivity index (χ3v) is 4.96. The first-order chi connectivity index (χ1) is 13.2. The van der Waals surface area contributed by atoms with Crippen molar-refractivity contribution in [2.24, 2.45) is 0 Å². The van der Waals surface area contributed by atoms with E-state index in [1.165, 1.54) is 0 Å². The minimum atomic E-state index is -0.940. The van der Waals surface area contributed by atoms with Crippen molar-refractivity contribution in [1.82, 2.24) is 0 Å². The second kappa shape index (κ2) is 9.26. The van der Waals surface area contributed by atoms with Crippen LogP contribution in [0.4, 0.5) is 11.4 Å². The topological polar surface area (TPSA) is 81.1 Å². The number of aliphatic carboxylic acids is 2. The molecule has 2 atom stereocenters. The predicted molar refractivity (Wildman–Crippen MR) is 112 cm³/mol. The monoisotopic (exact) mass is 384 g/mol. The molecular formula is C22H28N2O4. The van der Waals surface area contributed by atoms with Gasteiger partial charge >= 0.3 is 11.9 Å². The molecule has 6 heteroatoms. The summed E-state index contributed by atoms with van der Waals surface area (Å²) < 4.78 is 0. The average molecular weight is 384 g/mol. The molecule has 0 bridgehead atoms. The first kappa shape index (κ1) is 21.3. The molecule has 0 aliphatic carbocycles. The average Bonchev–Trinajstić information content (AvgIpc) is 2.65. The number of rotatable bonds is 9. The zero-order valence-electron chi connectivity index (χ0n) is 16.8. The summed E-state index contributed by atoms with van der Waals surface area (Å²) in [6.45, 7) is 0. The highest BCUT2D eigenvalue weighted by Crippen LogP contribution is 2.30. The van der Waals surface area contributed by atoms with Gasteiger partial charge in [0.25, 0.3) is 0 Å². The Morgan fingerprint density at radius 2 is 0.964 bits per heavy atom. The van der Waals surface area contributed by atoms with Crippen LogP contribution in [0.5, 0.6) is 0 Å². The maximum absolute atomic E-state index is 11.8. The van der Waals surface area contributed by atoms with E-state index >= 15 is 0 Å². The van der Waals surface area contributed by atoms with Gasteiger partial charge in [-0.15, -0.1) is 0 Å². The Hall–Kier alpha value is -3.02. The summed E-state index contributed by atoms with van der Waals surface area (Å²) >= 11 is 0. The molecule has 0 aliphatic rings. The van der Waals surface area contributed by atoms with Crippen LogP contribution < -0.4 is 9.80 Å². The van der Waals surface area contributed by atoms with E-state index in [-0.39, 0.29) is 12.8 Å². The van der Waals surface area contributed by atoms with Gasteiger partial charge < -0.3 is 20.0 Å². The molecule has 0 fully saturated rings. The SMILES string of the molecule is CN(C)c1ccc(C(CCC(C(=O)O)c2ccc(N(C)C)cc2)C(=O)O)cc1. The van der Waals surface area contributed by atoms with Gasteiger partial charge in [-0.3, -0.25) is 9.59 Å². The van der Waals surface area contributed by atoms with Gasteiger partial charge in [-0.1, -0.05) is 24.3 Å². The molecule has 2 aromatic rings. The van der Waals surface area contributed by atoms with Crippen LogP contribution in [0.3, 0.4) is 0 Å². The van der Waals surface area contributed by atoms with Crippen LogP contribution in [-0.4, -0.2) is 50.3 Å². The first-order valence-electron chi connectivity index (χ1n) is 9.21. The summed E-state index contributed by atoms with van der Waals surface area (Å²) in [5, 5.41) is 19.3. The summed E-state index contributed by atoms with van der Waals surface area (Å²) in [4.78, 5) is 27.5. The molecule has 28 heavy (non-hydrogen) atoms. The van der Waals surface area contributed by atoms with E-state index in [4.69, 9.17) is 0 Å². The van der Waals surface area contributed by atoms with Gasteiger partial charge in [0.1, 0.15) is 0 Å². The third kappa shape index (κ3) is 5.25. The van der Waals surface area contributed by atoms with E-state index < -0.39 is 23.8 Å². The molecule has 0 aromatic heterocycles. The van der Waals surface area contributed by atoms with Crippen molar-refractivity contribution < 1.29 is 19.8 Å². The normalized spacial score (nSPS) is 12.9. The van der Waals surface area contributed by atoms with Crippen molar-refractivity contribution >= 4 is 23.3 Å². The number of carboxylic acids is 2. The molecule has 0 aliphatic heterocycles. The maximum Gasteiger partial charge on any atom is 0.310 e. The highest BCUT2D eigenvalue weighted by atomic mass is 16.4. The van der Waals surface area contributed by atoms with Crippen molar-refractivity contribution in [2.75, 3.05) is 38.0 Å². The largest absolute Gasteiger partial charge is 0.481 e. The van der Waals surface area contributed by atoms with Gasteiger partial charge in [0.15, 0.2) is 0 Å². The molecule has 6 nitrogen and oxygen atoms in total. The number of nitrogens with zero attached hydrogens (tertiary/aromatic N) is 2. The third-order valence-electron chi connectivity index (χ3n) is 4.96. The number of hydrogen-bond donors (Lipinski definition) is 2. The summed E-state index contributed by atoms with van der Waals surface area (Å²) in [5.41, 5.74) is 3.34. The molecular weight excluding hydrogens is 356 g/mol. The molecule has 2 unspecified atom stereocenters. The van der Waals surface area contributed by atoms with E-state index in [0.717, 1.165) is 11.4 Å². The lowest BCUT2D eigenvalue weighted by molar-refractivity contribution is -0.141. The highest BCUT2D eigenvalue weighted by molar-refractivity contribution is 5.78. The van der Waals surface area contributed by atoms with Crippen molar-refractivity contribution in [1.29, 1.82) is 0 Å². The second-order valence-corrected chi connectivity index (χ2v) is 7.33. The fourth-order valence-corrected chi connectivity index (χ4v) is 3.21. The molecule has 0 saturated carbocycles. The molecule has 0 radical (unpaired) electrons. The van der Waals surface area contributed by atoms with Crippen LogP contribution in [0.25, 0.3) is 0 Å². The molecule has 0 amide bonds. The first-order valence-corrected chi connectivity index (χ1v) is 9.21. The second-order valence-electron chi connectivity index (χ2n) is 7.33. The smallest absolute Gasteiger partial charge is 0.310 e. The van der Waals surface area contributed by atoms with E-state index in [1.54, 1.807) is 24.3 Å². The van der Waals surface area contributed by atoms with Gasteiger partial charge in [-0.25, -0.2) is 0 Å². The standard InChI is InChI=1S/C22H28N2O4/c1-23(2)17-9-5-15(6-10-17)19(21(25)26)13-14-20(22(27)28)16-7-11-18(12-8-16)24(3)4/h5-12,19-20H,13-14H2,1-4H3,(H,25,26)(H,27,28). The van der Waals surface area contributed by atoms with Gasteiger partial charge in [0.2, 0.25) is 0 Å². The highest BCUT2D eigenvalue weighted by Gasteiger charge is 2.26. The number of benzene rings is 2. The fraction of sp³-hybridized carbons (Fsp3) is 0.364. The fourth-order valence-electron chi connectivity index (χ4n) is 3.21. The zero-order valence-corrected chi connectivity index (χ0v) is 16.8. The molecule has 2 rings (SSSR count). The molecule has 2 N–H and O–H groups in total. The lowest BCUT2D eigenvalue weighted by atomic mass is 9.87. The Morgan fingerprint density at radius 3 is 1.18 bits per heavy atom. The lowest BCUT2D eigenvalue weighted by Gasteiger charge is -2.19. The molecule has 150 valence electrons. The Labute approximate surface area is 166 Å². The van der Waals surface area contributed by atoms with E-state index in [1.807, 2.05) is 62.3 Å². The van der Waals surface area contributed by atoms with Crippen molar-refractivity contribution in [2.45, 2.75) is 24.7 Å². The predicted octanol–water partition coefficient (Wildman–Crippen LogP) is 3.64. The van der Waals surface area contributed by atoms with Crippen LogP contribution in [-0.2, 0) is 9.59 Å². The molecule has 0 saturated heterocycles. The summed E-state index contributed by atoms with van der Waals surface area (Å²) in [5.74, 6) is -3.35. The minimum absolute atomic E-state index is 0.253. The number of carbonyl (C=O) groups is 2. The van der Waals surface area contributed by atoms with Gasteiger partial charge in [-0.2, -0.15) is 0 Å². The quantitative estimate of drug-likeness (QED) is 0.687. The Balaban J connectivity index is 2.17. The van der Waals surface area contributed by atoms with Crippen molar-refractivity contribution in [3.05, 3.63) is 59.7 Å². The number of anilines is 2. The Bertz CT molecular complexity index is 729. The van der Waals surface area contributed by atoms with Crippen LogP contribution in [0.15, 0.2) is 48.5 Å². The van der Waals surface area contributed by atoms with E-state index in [2.05, 4.69) is 0 Å². The summed E-state index contributed by atoms with van der Waals surface area (Å²) in [7, 11) is 7.68. The number of carboxylic acid groups (broad SMARTS) is 2. The molecule has 2 aromatic carbocycles. The summed E-state index contributed by atoms with van der Waals surface area (Å²) in [6, 6.07) is 14.7. The van der Waals surface area contributed by atoms with Gasteiger partial charge in [-0.05, 0) is 48.2 Å². The Kier molecular flexibility index (Phi) is 7.04. The Morgan fingerprint density at radius 1 is 0.679 bits per heavy atom. The van der Waals surface area contributed by atoms with Crippen molar-refractivity contribution in [3.8, 4) is 0 Å². The van der Waals surface area contributed by atoms with Crippen LogP contribution in [0.2, 0.25) is 0 Å². The molecule has 0 heterocycles. The van der Waals surface area contributed by atoms with Gasteiger partial charge in [0.05, 0.1) is 11.8 Å². The summed E-state index contributed by atoms with van der Waals surface area (Å²) in [6.07, 6.45) is 0.506. The lowest BCUT2D eigenvalue weighted by Crippen LogP contribution is -2.17. The maximum atomic E-state index is 11.8. The van der Waals surface area contributed by atoms with E-state index in [9.17, 15) is 19.8 Å². The van der Waals surface area contributed by atoms with Crippen LogP contribution >= 0.6 is 0 Å². The van der Waals surface area contributed by atoms with E-state index in [0.29, 0.717) is 11.1 Å². The number of hydrogen-bond acceptors (Lipinski definition) is 4. The van der Waals surface area contributed by atoms with Crippen molar-refractivity contribution in [3.63, 3.8) is 0 Å². The van der Waals surface area contributed by atoms with Crippen LogP contribution in [0, 0.1) is 0 Å². The zero-order chi connectivity index (χ0) is 20.8. The minimum Gasteiger partial charge on any atom is -0.481 e. The van der Waals surface area contributed by atoms with Crippen LogP contribution in [0.1, 0.15) is 35.8 Å².